The summed E-state index contributed by atoms with van der Waals surface area (Å²) in [6.45, 7) is 4.99. The van der Waals surface area contributed by atoms with E-state index in [9.17, 15) is 9.18 Å². The molecule has 1 aromatic carbocycles. The Morgan fingerprint density at radius 2 is 2.05 bits per heavy atom. The molecule has 0 spiro atoms. The molecule has 0 bridgehead atoms. The molecule has 0 heterocycles. The van der Waals surface area contributed by atoms with Crippen LogP contribution in [-0.4, -0.2) is 32.0 Å². The number of benzene rings is 1. The van der Waals surface area contributed by atoms with Gasteiger partial charge in [0.15, 0.2) is 5.96 Å². The van der Waals surface area contributed by atoms with Crippen LogP contribution < -0.4 is 16.0 Å². The topological polar surface area (TPSA) is 65.5 Å². The smallest absolute Gasteiger partial charge is 0.243 e. The highest BCUT2D eigenvalue weighted by molar-refractivity contribution is 14.0. The first-order chi connectivity index (χ1) is 9.51. The second-order valence-corrected chi connectivity index (χ2v) is 4.76. The van der Waals surface area contributed by atoms with Crippen LogP contribution in [0.15, 0.2) is 29.3 Å². The Hall–Kier alpha value is -1.38. The predicted molar refractivity (Wildman–Crippen MR) is 94.6 cm³/mol. The Kier molecular flexibility index (Phi) is 9.68. The number of nitrogens with one attached hydrogen (secondary N) is 3. The van der Waals surface area contributed by atoms with Crippen LogP contribution in [0, 0.1) is 11.7 Å². The van der Waals surface area contributed by atoms with Crippen LogP contribution >= 0.6 is 24.0 Å². The lowest BCUT2D eigenvalue weighted by Gasteiger charge is -2.13. The summed E-state index contributed by atoms with van der Waals surface area (Å²) < 4.78 is 13.0. The zero-order chi connectivity index (χ0) is 15.0. The standard InChI is InChI=1S/C14H21FN4O.HI/c1-10(2)8-17-14(16-3)18-9-13(20)19-12-6-4-5-11(15)7-12;/h4-7,10H,8-9H2,1-3H3,(H,19,20)(H2,16,17,18);1H. The fourth-order valence-corrected chi connectivity index (χ4v) is 1.46. The van der Waals surface area contributed by atoms with Crippen LogP contribution in [0.5, 0.6) is 0 Å². The van der Waals surface area contributed by atoms with E-state index in [0.29, 0.717) is 17.6 Å². The third-order valence-corrected chi connectivity index (χ3v) is 2.43. The van der Waals surface area contributed by atoms with Gasteiger partial charge in [0.2, 0.25) is 5.91 Å². The average Bonchev–Trinajstić information content (AvgIpc) is 2.38. The minimum Gasteiger partial charge on any atom is -0.356 e. The number of amides is 1. The van der Waals surface area contributed by atoms with Crippen LogP contribution in [0.1, 0.15) is 13.8 Å². The van der Waals surface area contributed by atoms with Crippen molar-refractivity contribution in [1.82, 2.24) is 10.6 Å². The zero-order valence-electron chi connectivity index (χ0n) is 12.4. The zero-order valence-corrected chi connectivity index (χ0v) is 14.8. The number of anilines is 1. The van der Waals surface area contributed by atoms with E-state index < -0.39 is 0 Å². The summed E-state index contributed by atoms with van der Waals surface area (Å²) in [4.78, 5) is 15.7. The third kappa shape index (κ3) is 8.49. The second kappa shape index (κ2) is 10.4. The first kappa shape index (κ1) is 19.6. The highest BCUT2D eigenvalue weighted by Crippen LogP contribution is 2.08. The van der Waals surface area contributed by atoms with E-state index in [1.165, 1.54) is 12.1 Å². The number of carbonyl (C=O) groups is 1. The molecule has 0 saturated heterocycles. The minimum atomic E-state index is -0.384. The lowest BCUT2D eigenvalue weighted by atomic mass is 10.2. The minimum absolute atomic E-state index is 0. The van der Waals surface area contributed by atoms with E-state index in [-0.39, 0.29) is 42.2 Å². The molecule has 1 aromatic rings. The molecular weight excluding hydrogens is 386 g/mol. The maximum absolute atomic E-state index is 13.0. The first-order valence-electron chi connectivity index (χ1n) is 6.51. The monoisotopic (exact) mass is 408 g/mol. The quantitative estimate of drug-likeness (QED) is 0.398. The predicted octanol–water partition coefficient (Wildman–Crippen LogP) is 2.20. The van der Waals surface area contributed by atoms with Crippen LogP contribution in [0.3, 0.4) is 0 Å². The molecule has 3 N–H and O–H groups in total. The summed E-state index contributed by atoms with van der Waals surface area (Å²) in [5.41, 5.74) is 0.432. The number of guanidine groups is 1. The Bertz CT molecular complexity index is 480. The van der Waals surface area contributed by atoms with Gasteiger partial charge >= 0.3 is 0 Å². The molecule has 0 fully saturated rings. The summed E-state index contributed by atoms with van der Waals surface area (Å²) in [6.07, 6.45) is 0. The largest absolute Gasteiger partial charge is 0.356 e. The molecule has 0 aliphatic carbocycles. The number of nitrogens with zero attached hydrogens (tertiary/aromatic N) is 1. The Labute approximate surface area is 141 Å². The number of carbonyl (C=O) groups excluding carboxylic acids is 1. The van der Waals surface area contributed by atoms with E-state index in [0.717, 1.165) is 6.54 Å². The van der Waals surface area contributed by atoms with Gasteiger partial charge in [0.1, 0.15) is 5.82 Å². The van der Waals surface area contributed by atoms with Gasteiger partial charge in [0.05, 0.1) is 6.54 Å². The normalized spacial score (nSPS) is 10.8. The van der Waals surface area contributed by atoms with Gasteiger partial charge in [-0.1, -0.05) is 19.9 Å². The van der Waals surface area contributed by atoms with Crippen molar-refractivity contribution in [3.63, 3.8) is 0 Å². The first-order valence-corrected chi connectivity index (χ1v) is 6.51. The number of hydrogen-bond donors (Lipinski definition) is 3. The molecule has 7 heteroatoms. The molecule has 0 aliphatic heterocycles. The Morgan fingerprint density at radius 1 is 1.33 bits per heavy atom. The second-order valence-electron chi connectivity index (χ2n) is 4.76. The molecule has 5 nitrogen and oxygen atoms in total. The third-order valence-electron chi connectivity index (χ3n) is 2.43. The highest BCUT2D eigenvalue weighted by atomic mass is 127. The molecule has 21 heavy (non-hydrogen) atoms. The SMILES string of the molecule is CN=C(NCC(=O)Nc1cccc(F)c1)NCC(C)C.I. The van der Waals surface area contributed by atoms with Crippen molar-refractivity contribution >= 4 is 41.5 Å². The summed E-state index contributed by atoms with van der Waals surface area (Å²) in [5, 5.41) is 8.59. The summed E-state index contributed by atoms with van der Waals surface area (Å²) >= 11 is 0. The van der Waals surface area contributed by atoms with Gasteiger partial charge in [-0.2, -0.15) is 0 Å². The van der Waals surface area contributed by atoms with E-state index in [1.54, 1.807) is 19.2 Å². The summed E-state index contributed by atoms with van der Waals surface area (Å²) in [5.74, 6) is 0.399. The lowest BCUT2D eigenvalue weighted by molar-refractivity contribution is -0.115. The number of hydrogen-bond acceptors (Lipinski definition) is 2. The van der Waals surface area contributed by atoms with Crippen molar-refractivity contribution in [1.29, 1.82) is 0 Å². The number of halogens is 2. The fourth-order valence-electron chi connectivity index (χ4n) is 1.46. The van der Waals surface area contributed by atoms with Gasteiger partial charge in [-0.05, 0) is 24.1 Å². The van der Waals surface area contributed by atoms with Gasteiger partial charge in [-0.25, -0.2) is 4.39 Å². The van der Waals surface area contributed by atoms with E-state index >= 15 is 0 Å². The Balaban J connectivity index is 0.00000400. The van der Waals surface area contributed by atoms with Gasteiger partial charge in [0, 0.05) is 19.3 Å². The molecule has 0 saturated carbocycles. The summed E-state index contributed by atoms with van der Waals surface area (Å²) in [6, 6.07) is 5.77. The van der Waals surface area contributed by atoms with Crippen molar-refractivity contribution in [2.24, 2.45) is 10.9 Å². The summed E-state index contributed by atoms with van der Waals surface area (Å²) in [7, 11) is 1.64. The maximum Gasteiger partial charge on any atom is 0.243 e. The molecular formula is C14H22FIN4O. The van der Waals surface area contributed by atoms with Gasteiger partial charge < -0.3 is 16.0 Å². The number of aliphatic imine (C=N–C) groups is 1. The Morgan fingerprint density at radius 3 is 2.62 bits per heavy atom. The molecule has 118 valence electrons. The van der Waals surface area contributed by atoms with Gasteiger partial charge in [-0.15, -0.1) is 24.0 Å². The van der Waals surface area contributed by atoms with E-state index in [4.69, 9.17) is 0 Å². The molecule has 0 aromatic heterocycles. The van der Waals surface area contributed by atoms with Crippen molar-refractivity contribution < 1.29 is 9.18 Å². The van der Waals surface area contributed by atoms with Crippen LogP contribution in [-0.2, 0) is 4.79 Å². The molecule has 0 radical (unpaired) electrons. The van der Waals surface area contributed by atoms with Gasteiger partial charge in [0.25, 0.3) is 0 Å². The highest BCUT2D eigenvalue weighted by Gasteiger charge is 2.05. The molecule has 1 amide bonds. The molecule has 0 unspecified atom stereocenters. The van der Waals surface area contributed by atoms with E-state index in [1.807, 2.05) is 0 Å². The maximum atomic E-state index is 13.0. The van der Waals surface area contributed by atoms with Crippen LogP contribution in [0.25, 0.3) is 0 Å². The van der Waals surface area contributed by atoms with E-state index in [2.05, 4.69) is 34.8 Å². The fraction of sp³-hybridized carbons (Fsp3) is 0.429. The van der Waals surface area contributed by atoms with Crippen molar-refractivity contribution in [3.05, 3.63) is 30.1 Å². The lowest BCUT2D eigenvalue weighted by Crippen LogP contribution is -2.42. The number of rotatable bonds is 5. The van der Waals surface area contributed by atoms with Crippen molar-refractivity contribution in [3.8, 4) is 0 Å². The van der Waals surface area contributed by atoms with Crippen molar-refractivity contribution in [2.45, 2.75) is 13.8 Å². The average molecular weight is 408 g/mol. The molecule has 0 atom stereocenters. The van der Waals surface area contributed by atoms with Gasteiger partial charge in [-0.3, -0.25) is 9.79 Å². The molecule has 1 rings (SSSR count). The van der Waals surface area contributed by atoms with Crippen molar-refractivity contribution in [2.75, 3.05) is 25.5 Å². The van der Waals surface area contributed by atoms with Crippen LogP contribution in [0.2, 0.25) is 0 Å². The molecule has 0 aliphatic rings. The van der Waals surface area contributed by atoms with Crippen LogP contribution in [0.4, 0.5) is 10.1 Å².